The molecule has 3 unspecified atom stereocenters. The Morgan fingerprint density at radius 3 is 2.54 bits per heavy atom. The molecule has 26 heavy (non-hydrogen) atoms. The zero-order chi connectivity index (χ0) is 17.6. The second-order valence-corrected chi connectivity index (χ2v) is 6.82. The number of nitrogens with zero attached hydrogens (tertiary/aromatic N) is 3. The number of likely N-dealkylation sites (tertiary alicyclic amines) is 1. The second kappa shape index (κ2) is 7.17. The van der Waals surface area contributed by atoms with Gasteiger partial charge in [-0.1, -0.05) is 0 Å². The number of aromatic nitrogens is 2. The average molecular weight is 379 g/mol. The lowest BCUT2D eigenvalue weighted by molar-refractivity contribution is 0.0771. The fourth-order valence-corrected chi connectivity index (χ4v) is 3.93. The van der Waals surface area contributed by atoms with Crippen molar-refractivity contribution in [3.05, 3.63) is 58.3 Å². The first-order chi connectivity index (χ1) is 12.0. The number of halogens is 2. The van der Waals surface area contributed by atoms with Crippen LogP contribution in [0, 0.1) is 17.7 Å². The highest BCUT2D eigenvalue weighted by Crippen LogP contribution is 2.37. The fraction of sp³-hybridized carbons (Fsp3) is 0.389. The molecule has 2 aliphatic rings. The van der Waals surface area contributed by atoms with Crippen LogP contribution in [0.2, 0.25) is 0 Å². The molecule has 1 saturated heterocycles. The van der Waals surface area contributed by atoms with Gasteiger partial charge < -0.3 is 10.6 Å². The Balaban J connectivity index is 0.00000196. The van der Waals surface area contributed by atoms with E-state index < -0.39 is 5.82 Å². The van der Waals surface area contributed by atoms with Crippen molar-refractivity contribution < 1.29 is 9.18 Å². The minimum Gasteiger partial charge on any atom is -0.337 e. The molecular formula is C18H20ClFN4O2. The van der Waals surface area contributed by atoms with Crippen LogP contribution in [0.5, 0.6) is 0 Å². The van der Waals surface area contributed by atoms with Crippen LogP contribution in [-0.4, -0.2) is 39.7 Å². The van der Waals surface area contributed by atoms with E-state index in [0.717, 1.165) is 17.5 Å². The van der Waals surface area contributed by atoms with E-state index in [1.807, 2.05) is 0 Å². The second-order valence-electron chi connectivity index (χ2n) is 6.82. The quantitative estimate of drug-likeness (QED) is 0.860. The summed E-state index contributed by atoms with van der Waals surface area (Å²) in [5, 5.41) is 4.19. The van der Waals surface area contributed by atoms with Gasteiger partial charge in [0.15, 0.2) is 0 Å². The van der Waals surface area contributed by atoms with Gasteiger partial charge in [0.2, 0.25) is 0 Å². The third-order valence-electron chi connectivity index (χ3n) is 5.29. The molecule has 1 aromatic carbocycles. The summed E-state index contributed by atoms with van der Waals surface area (Å²) in [6.07, 6.45) is 2.07. The molecule has 2 heterocycles. The van der Waals surface area contributed by atoms with Crippen molar-refractivity contribution in [3.8, 4) is 5.69 Å². The highest BCUT2D eigenvalue weighted by atomic mass is 35.5. The van der Waals surface area contributed by atoms with Crippen molar-refractivity contribution in [2.24, 2.45) is 17.6 Å². The van der Waals surface area contributed by atoms with Crippen LogP contribution in [0.4, 0.5) is 4.39 Å². The smallest absolute Gasteiger partial charge is 0.274 e. The minimum absolute atomic E-state index is 0. The number of rotatable bonds is 2. The molecule has 1 aliphatic heterocycles. The molecular weight excluding hydrogens is 359 g/mol. The molecule has 4 rings (SSSR count). The molecule has 1 aliphatic carbocycles. The molecule has 1 saturated carbocycles. The summed E-state index contributed by atoms with van der Waals surface area (Å²) in [6, 6.07) is 8.32. The van der Waals surface area contributed by atoms with Crippen LogP contribution in [-0.2, 0) is 0 Å². The maximum atomic E-state index is 13.1. The minimum atomic E-state index is -0.399. The summed E-state index contributed by atoms with van der Waals surface area (Å²) in [5.41, 5.74) is 6.38. The van der Waals surface area contributed by atoms with Gasteiger partial charge in [-0.3, -0.25) is 9.59 Å². The standard InChI is InChI=1S/C18H19FN4O2.ClH/c19-12-2-4-13(5-3-12)23-17(24)8-7-16(21-23)18(25)22-9-11-1-6-15(20)14(11)10-22;/h2-5,7-8,11,14-15H,1,6,9-10,20H2;1H. The van der Waals surface area contributed by atoms with Crippen LogP contribution in [0.15, 0.2) is 41.2 Å². The van der Waals surface area contributed by atoms with Crippen molar-refractivity contribution in [2.45, 2.75) is 18.9 Å². The highest BCUT2D eigenvalue weighted by Gasteiger charge is 2.42. The zero-order valence-corrected chi connectivity index (χ0v) is 14.9. The molecule has 8 heteroatoms. The zero-order valence-electron chi connectivity index (χ0n) is 14.0. The van der Waals surface area contributed by atoms with Crippen LogP contribution in [0.25, 0.3) is 5.69 Å². The van der Waals surface area contributed by atoms with E-state index in [1.54, 1.807) is 4.90 Å². The molecule has 2 fully saturated rings. The SMILES string of the molecule is Cl.NC1CCC2CN(C(=O)c3ccc(=O)n(-c4ccc(F)cc4)n3)CC12. The Bertz CT molecular complexity index is 870. The number of carbonyl (C=O) groups excluding carboxylic acids is 1. The van der Waals surface area contributed by atoms with Crippen LogP contribution < -0.4 is 11.3 Å². The molecule has 2 aromatic rings. The first-order valence-corrected chi connectivity index (χ1v) is 8.44. The summed E-state index contributed by atoms with van der Waals surface area (Å²) in [6.45, 7) is 1.33. The lowest BCUT2D eigenvalue weighted by atomic mass is 9.98. The summed E-state index contributed by atoms with van der Waals surface area (Å²) < 4.78 is 14.2. The van der Waals surface area contributed by atoms with Gasteiger partial charge in [0.25, 0.3) is 11.5 Å². The van der Waals surface area contributed by atoms with Crippen LogP contribution in [0.3, 0.4) is 0 Å². The van der Waals surface area contributed by atoms with Gasteiger partial charge in [-0.25, -0.2) is 4.39 Å². The Hall–Kier alpha value is -2.25. The number of fused-ring (bicyclic) bond motifs is 1. The Labute approximate surface area is 156 Å². The third kappa shape index (κ3) is 3.24. The lowest BCUT2D eigenvalue weighted by Gasteiger charge is -2.18. The van der Waals surface area contributed by atoms with E-state index in [1.165, 1.54) is 36.4 Å². The highest BCUT2D eigenvalue weighted by molar-refractivity contribution is 5.92. The number of hydrogen-bond acceptors (Lipinski definition) is 4. The largest absolute Gasteiger partial charge is 0.337 e. The molecule has 2 N–H and O–H groups in total. The van der Waals surface area contributed by atoms with Gasteiger partial charge in [0, 0.05) is 25.2 Å². The average Bonchev–Trinajstić information content (AvgIpc) is 3.18. The van der Waals surface area contributed by atoms with Gasteiger partial charge >= 0.3 is 0 Å². The monoisotopic (exact) mass is 378 g/mol. The van der Waals surface area contributed by atoms with E-state index in [-0.39, 0.29) is 35.6 Å². The van der Waals surface area contributed by atoms with Crippen molar-refractivity contribution in [1.82, 2.24) is 14.7 Å². The van der Waals surface area contributed by atoms with E-state index in [0.29, 0.717) is 30.6 Å². The number of amides is 1. The Morgan fingerprint density at radius 1 is 1.12 bits per heavy atom. The lowest BCUT2D eigenvalue weighted by Crippen LogP contribution is -2.35. The predicted molar refractivity (Wildman–Crippen MR) is 97.1 cm³/mol. The molecule has 3 atom stereocenters. The van der Waals surface area contributed by atoms with Crippen molar-refractivity contribution in [1.29, 1.82) is 0 Å². The number of nitrogens with two attached hydrogens (primary N) is 1. The Morgan fingerprint density at radius 2 is 1.85 bits per heavy atom. The third-order valence-corrected chi connectivity index (χ3v) is 5.29. The molecule has 1 aromatic heterocycles. The first-order valence-electron chi connectivity index (χ1n) is 8.44. The summed E-state index contributed by atoms with van der Waals surface area (Å²) >= 11 is 0. The van der Waals surface area contributed by atoms with Gasteiger partial charge in [-0.15, -0.1) is 12.4 Å². The van der Waals surface area contributed by atoms with E-state index >= 15 is 0 Å². The summed E-state index contributed by atoms with van der Waals surface area (Å²) in [5.74, 6) is 0.218. The molecule has 138 valence electrons. The normalized spacial score (nSPS) is 24.2. The van der Waals surface area contributed by atoms with Gasteiger partial charge in [0.1, 0.15) is 11.5 Å². The Kier molecular flexibility index (Phi) is 5.11. The molecule has 0 spiro atoms. The van der Waals surface area contributed by atoms with Crippen molar-refractivity contribution >= 4 is 18.3 Å². The number of hydrogen-bond donors (Lipinski definition) is 1. The summed E-state index contributed by atoms with van der Waals surface area (Å²) in [4.78, 5) is 26.6. The fourth-order valence-electron chi connectivity index (χ4n) is 3.93. The van der Waals surface area contributed by atoms with Gasteiger partial charge in [-0.2, -0.15) is 9.78 Å². The van der Waals surface area contributed by atoms with E-state index in [2.05, 4.69) is 5.10 Å². The molecule has 6 nitrogen and oxygen atoms in total. The maximum Gasteiger partial charge on any atom is 0.274 e. The summed E-state index contributed by atoms with van der Waals surface area (Å²) in [7, 11) is 0. The number of benzene rings is 1. The van der Waals surface area contributed by atoms with E-state index in [4.69, 9.17) is 5.73 Å². The van der Waals surface area contributed by atoms with Gasteiger partial charge in [0.05, 0.1) is 5.69 Å². The van der Waals surface area contributed by atoms with Gasteiger partial charge in [-0.05, 0) is 55.0 Å². The number of carbonyl (C=O) groups is 1. The first kappa shape index (κ1) is 18.5. The molecule has 0 bridgehead atoms. The predicted octanol–water partition coefficient (Wildman–Crippen LogP) is 1.60. The van der Waals surface area contributed by atoms with E-state index in [9.17, 15) is 14.0 Å². The molecule has 1 amide bonds. The molecule has 0 radical (unpaired) electrons. The maximum absolute atomic E-state index is 13.1. The van der Waals surface area contributed by atoms with Crippen molar-refractivity contribution in [3.63, 3.8) is 0 Å². The van der Waals surface area contributed by atoms with Crippen molar-refractivity contribution in [2.75, 3.05) is 13.1 Å². The topological polar surface area (TPSA) is 81.2 Å². The van der Waals surface area contributed by atoms with Crippen LogP contribution >= 0.6 is 12.4 Å². The van der Waals surface area contributed by atoms with Crippen LogP contribution in [0.1, 0.15) is 23.3 Å².